The summed E-state index contributed by atoms with van der Waals surface area (Å²) in [5.74, 6) is -6.07. The van der Waals surface area contributed by atoms with Crippen molar-refractivity contribution >= 4 is 17.7 Å². The predicted octanol–water partition coefficient (Wildman–Crippen LogP) is 2.32. The molecule has 166 valence electrons. The van der Waals surface area contributed by atoms with Crippen molar-refractivity contribution in [3.63, 3.8) is 0 Å². The monoisotopic (exact) mass is 435 g/mol. The first-order chi connectivity index (χ1) is 14.6. The lowest BCUT2D eigenvalue weighted by Crippen LogP contribution is -2.51. The molecule has 2 aromatic carbocycles. The minimum Gasteiger partial charge on any atom is -0.369 e. The van der Waals surface area contributed by atoms with E-state index in [0.717, 1.165) is 18.2 Å². The minimum absolute atomic E-state index is 0.126. The Kier molecular flexibility index (Phi) is 8.18. The molecule has 1 unspecified atom stereocenters. The van der Waals surface area contributed by atoms with Crippen LogP contribution in [0.25, 0.3) is 0 Å². The molecule has 0 heterocycles. The third-order valence-corrected chi connectivity index (χ3v) is 4.75. The van der Waals surface area contributed by atoms with E-state index in [1.165, 1.54) is 24.3 Å². The highest BCUT2D eigenvalue weighted by Gasteiger charge is 2.28. The van der Waals surface area contributed by atoms with Crippen molar-refractivity contribution in [1.29, 1.82) is 0 Å². The second-order valence-electron chi connectivity index (χ2n) is 7.47. The number of hydrogen-bond acceptors (Lipinski definition) is 3. The molecule has 0 aliphatic rings. The lowest BCUT2D eigenvalue weighted by atomic mass is 9.97. The van der Waals surface area contributed by atoms with Crippen molar-refractivity contribution in [3.8, 4) is 0 Å². The quantitative estimate of drug-likeness (QED) is 0.563. The van der Waals surface area contributed by atoms with Crippen LogP contribution in [0, 0.1) is 29.3 Å². The Labute approximate surface area is 178 Å². The summed E-state index contributed by atoms with van der Waals surface area (Å²) in [4.78, 5) is 36.7. The molecule has 3 amide bonds. The van der Waals surface area contributed by atoms with Gasteiger partial charge < -0.3 is 16.4 Å². The van der Waals surface area contributed by atoms with Gasteiger partial charge in [0.05, 0.1) is 5.92 Å². The standard InChI is InChI=1S/C22H24F3N3O3/c1-12(2)19(28-21(30)18-16(24)4-3-5-17(18)25)22(31)27-11-14(20(26)29)10-13-6-8-15(23)9-7-13/h3-9,12,14,19H,10-11H2,1-2H3,(H2,26,29)(H,27,31)(H,28,30)/t14?,19-/m0/s1. The van der Waals surface area contributed by atoms with Gasteiger partial charge in [0.25, 0.3) is 5.91 Å². The molecule has 0 aliphatic heterocycles. The molecule has 0 spiro atoms. The van der Waals surface area contributed by atoms with E-state index < -0.39 is 58.6 Å². The third kappa shape index (κ3) is 6.56. The molecular formula is C22H24F3N3O3. The average molecular weight is 435 g/mol. The number of halogens is 3. The molecule has 0 saturated carbocycles. The van der Waals surface area contributed by atoms with Gasteiger partial charge in [-0.15, -0.1) is 0 Å². The summed E-state index contributed by atoms with van der Waals surface area (Å²) >= 11 is 0. The van der Waals surface area contributed by atoms with E-state index in [2.05, 4.69) is 10.6 Å². The summed E-state index contributed by atoms with van der Waals surface area (Å²) in [5.41, 5.74) is 5.28. The van der Waals surface area contributed by atoms with Gasteiger partial charge in [0.1, 0.15) is 29.1 Å². The Morgan fingerprint density at radius 2 is 1.55 bits per heavy atom. The first kappa shape index (κ1) is 23.9. The molecule has 0 aromatic heterocycles. The fourth-order valence-corrected chi connectivity index (χ4v) is 2.98. The van der Waals surface area contributed by atoms with E-state index in [-0.39, 0.29) is 13.0 Å². The maximum Gasteiger partial charge on any atom is 0.257 e. The SMILES string of the molecule is CC(C)[C@H](NC(=O)c1c(F)cccc1F)C(=O)NCC(Cc1ccc(F)cc1)C(N)=O. The van der Waals surface area contributed by atoms with Crippen LogP contribution in [0.2, 0.25) is 0 Å². The van der Waals surface area contributed by atoms with E-state index >= 15 is 0 Å². The topological polar surface area (TPSA) is 101 Å². The normalized spacial score (nSPS) is 12.8. The molecule has 2 aromatic rings. The van der Waals surface area contributed by atoms with Crippen molar-refractivity contribution in [1.82, 2.24) is 10.6 Å². The summed E-state index contributed by atoms with van der Waals surface area (Å²) in [7, 11) is 0. The first-order valence-electron chi connectivity index (χ1n) is 9.66. The average Bonchev–Trinajstić information content (AvgIpc) is 2.69. The summed E-state index contributed by atoms with van der Waals surface area (Å²) in [6.45, 7) is 3.16. The minimum atomic E-state index is -1.11. The molecule has 0 fully saturated rings. The highest BCUT2D eigenvalue weighted by Crippen LogP contribution is 2.14. The van der Waals surface area contributed by atoms with Gasteiger partial charge in [-0.05, 0) is 42.2 Å². The molecule has 0 saturated heterocycles. The second-order valence-corrected chi connectivity index (χ2v) is 7.47. The fraction of sp³-hybridized carbons (Fsp3) is 0.318. The molecule has 4 N–H and O–H groups in total. The van der Waals surface area contributed by atoms with Crippen LogP contribution in [0.4, 0.5) is 13.2 Å². The van der Waals surface area contributed by atoms with Crippen molar-refractivity contribution in [3.05, 3.63) is 71.0 Å². The molecule has 0 aliphatic carbocycles. The van der Waals surface area contributed by atoms with Crippen LogP contribution in [0.3, 0.4) is 0 Å². The molecular weight excluding hydrogens is 411 g/mol. The fourth-order valence-electron chi connectivity index (χ4n) is 2.98. The summed E-state index contributed by atoms with van der Waals surface area (Å²) < 4.78 is 40.8. The van der Waals surface area contributed by atoms with Gasteiger partial charge >= 0.3 is 0 Å². The Morgan fingerprint density at radius 3 is 2.06 bits per heavy atom. The zero-order valence-corrected chi connectivity index (χ0v) is 17.1. The number of nitrogens with one attached hydrogen (secondary N) is 2. The molecule has 9 heteroatoms. The largest absolute Gasteiger partial charge is 0.369 e. The summed E-state index contributed by atoms with van der Waals surface area (Å²) in [6.07, 6.45) is 0.176. The molecule has 6 nitrogen and oxygen atoms in total. The van der Waals surface area contributed by atoms with Gasteiger partial charge in [-0.2, -0.15) is 0 Å². The van der Waals surface area contributed by atoms with E-state index in [9.17, 15) is 27.6 Å². The van der Waals surface area contributed by atoms with Crippen LogP contribution in [0.5, 0.6) is 0 Å². The van der Waals surface area contributed by atoms with E-state index in [0.29, 0.717) is 5.56 Å². The van der Waals surface area contributed by atoms with Gasteiger partial charge in [0.2, 0.25) is 11.8 Å². The van der Waals surface area contributed by atoms with Gasteiger partial charge in [-0.3, -0.25) is 14.4 Å². The zero-order valence-electron chi connectivity index (χ0n) is 17.1. The Balaban J connectivity index is 2.06. The smallest absolute Gasteiger partial charge is 0.257 e. The molecule has 0 bridgehead atoms. The van der Waals surface area contributed by atoms with E-state index in [1.54, 1.807) is 13.8 Å². The van der Waals surface area contributed by atoms with Crippen LogP contribution in [-0.2, 0) is 16.0 Å². The van der Waals surface area contributed by atoms with Crippen molar-refractivity contribution < 1.29 is 27.6 Å². The number of hydrogen-bond donors (Lipinski definition) is 3. The summed E-state index contributed by atoms with van der Waals surface area (Å²) in [5, 5.41) is 4.88. The van der Waals surface area contributed by atoms with Gasteiger partial charge in [0, 0.05) is 6.54 Å². The van der Waals surface area contributed by atoms with Crippen LogP contribution in [0.1, 0.15) is 29.8 Å². The van der Waals surface area contributed by atoms with Crippen LogP contribution in [-0.4, -0.2) is 30.3 Å². The van der Waals surface area contributed by atoms with Crippen LogP contribution >= 0.6 is 0 Å². The van der Waals surface area contributed by atoms with Gasteiger partial charge in [-0.25, -0.2) is 13.2 Å². The lowest BCUT2D eigenvalue weighted by Gasteiger charge is -2.23. The van der Waals surface area contributed by atoms with Gasteiger partial charge in [0.15, 0.2) is 0 Å². The van der Waals surface area contributed by atoms with Crippen molar-refractivity contribution in [2.45, 2.75) is 26.3 Å². The van der Waals surface area contributed by atoms with Crippen molar-refractivity contribution in [2.24, 2.45) is 17.6 Å². The predicted molar refractivity (Wildman–Crippen MR) is 108 cm³/mol. The number of nitrogens with two attached hydrogens (primary N) is 1. The Morgan fingerprint density at radius 1 is 0.968 bits per heavy atom. The van der Waals surface area contributed by atoms with E-state index in [1.807, 2.05) is 0 Å². The van der Waals surface area contributed by atoms with Gasteiger partial charge in [-0.1, -0.05) is 32.0 Å². The lowest BCUT2D eigenvalue weighted by molar-refractivity contribution is -0.125. The maximum absolute atomic E-state index is 13.9. The Hall–Kier alpha value is -3.36. The number of rotatable bonds is 9. The Bertz CT molecular complexity index is 929. The van der Waals surface area contributed by atoms with E-state index in [4.69, 9.17) is 5.73 Å². The highest BCUT2D eigenvalue weighted by molar-refractivity contribution is 5.98. The highest BCUT2D eigenvalue weighted by atomic mass is 19.1. The summed E-state index contributed by atoms with van der Waals surface area (Å²) in [6, 6.07) is 7.41. The molecule has 31 heavy (non-hydrogen) atoms. The number of amides is 3. The van der Waals surface area contributed by atoms with Crippen LogP contribution < -0.4 is 16.4 Å². The number of benzene rings is 2. The molecule has 0 radical (unpaired) electrons. The number of primary amides is 1. The zero-order chi connectivity index (χ0) is 23.1. The first-order valence-corrected chi connectivity index (χ1v) is 9.66. The molecule has 2 rings (SSSR count). The molecule has 2 atom stereocenters. The van der Waals surface area contributed by atoms with Crippen LogP contribution in [0.15, 0.2) is 42.5 Å². The maximum atomic E-state index is 13.9. The van der Waals surface area contributed by atoms with Crippen molar-refractivity contribution in [2.75, 3.05) is 6.54 Å². The second kappa shape index (κ2) is 10.6. The number of carbonyl (C=O) groups excluding carboxylic acids is 3. The number of carbonyl (C=O) groups is 3. The third-order valence-electron chi connectivity index (χ3n) is 4.75.